The highest BCUT2D eigenvalue weighted by Crippen LogP contribution is 2.27. The van der Waals surface area contributed by atoms with Gasteiger partial charge in [0.05, 0.1) is 13.2 Å². The van der Waals surface area contributed by atoms with Crippen LogP contribution < -0.4 is 5.32 Å². The molecule has 0 spiro atoms. The van der Waals surface area contributed by atoms with E-state index < -0.39 is 11.9 Å². The Labute approximate surface area is 132 Å². The van der Waals surface area contributed by atoms with Gasteiger partial charge in [0.1, 0.15) is 4.88 Å². The van der Waals surface area contributed by atoms with E-state index in [4.69, 9.17) is 9.47 Å². The molecule has 116 valence electrons. The van der Waals surface area contributed by atoms with Crippen molar-refractivity contribution in [2.45, 2.75) is 13.8 Å². The maximum Gasteiger partial charge on any atom is 0.358 e. The minimum absolute atomic E-state index is 0.0243. The molecule has 2 aromatic rings. The average Bonchev–Trinajstić information content (AvgIpc) is 2.93. The molecule has 1 aromatic heterocycles. The molecule has 1 heterocycles. The highest BCUT2D eigenvalue weighted by Gasteiger charge is 2.25. The quantitative estimate of drug-likeness (QED) is 0.823. The van der Waals surface area contributed by atoms with Crippen molar-refractivity contribution in [2.24, 2.45) is 0 Å². The molecule has 0 aliphatic heterocycles. The van der Waals surface area contributed by atoms with E-state index in [0.29, 0.717) is 5.13 Å². The summed E-state index contributed by atoms with van der Waals surface area (Å²) in [6, 6.07) is 9.34. The van der Waals surface area contributed by atoms with E-state index in [1.807, 2.05) is 30.3 Å². The van der Waals surface area contributed by atoms with Gasteiger partial charge >= 0.3 is 11.9 Å². The minimum atomic E-state index is -0.636. The van der Waals surface area contributed by atoms with Crippen molar-refractivity contribution in [1.29, 1.82) is 0 Å². The topological polar surface area (TPSA) is 77.5 Å². The first-order valence-electron chi connectivity index (χ1n) is 6.82. The number of thiazole rings is 1. The van der Waals surface area contributed by atoms with Gasteiger partial charge in [-0.05, 0) is 26.0 Å². The zero-order valence-electron chi connectivity index (χ0n) is 12.3. The van der Waals surface area contributed by atoms with E-state index in [2.05, 4.69) is 10.3 Å². The molecule has 1 N–H and O–H groups in total. The number of carbonyl (C=O) groups is 2. The third kappa shape index (κ3) is 3.82. The van der Waals surface area contributed by atoms with Crippen LogP contribution in [-0.2, 0) is 9.47 Å². The first-order valence-corrected chi connectivity index (χ1v) is 7.64. The van der Waals surface area contributed by atoms with Crippen LogP contribution in [0.4, 0.5) is 10.8 Å². The van der Waals surface area contributed by atoms with Gasteiger partial charge in [0.2, 0.25) is 0 Å². The van der Waals surface area contributed by atoms with Gasteiger partial charge in [-0.2, -0.15) is 0 Å². The molecule has 0 atom stereocenters. The summed E-state index contributed by atoms with van der Waals surface area (Å²) in [6.45, 7) is 3.82. The Balaban J connectivity index is 2.30. The zero-order chi connectivity index (χ0) is 15.9. The third-order valence-corrected chi connectivity index (χ3v) is 3.53. The fourth-order valence-electron chi connectivity index (χ4n) is 1.69. The van der Waals surface area contributed by atoms with Gasteiger partial charge in [0, 0.05) is 5.69 Å². The van der Waals surface area contributed by atoms with Crippen molar-refractivity contribution in [3.63, 3.8) is 0 Å². The monoisotopic (exact) mass is 320 g/mol. The van der Waals surface area contributed by atoms with Crippen molar-refractivity contribution in [2.75, 3.05) is 18.5 Å². The number of nitrogens with one attached hydrogen (secondary N) is 1. The summed E-state index contributed by atoms with van der Waals surface area (Å²) >= 11 is 1.06. The Morgan fingerprint density at radius 3 is 2.36 bits per heavy atom. The minimum Gasteiger partial charge on any atom is -0.462 e. The first kappa shape index (κ1) is 16.0. The number of benzene rings is 1. The smallest absolute Gasteiger partial charge is 0.358 e. The molecular formula is C15H16N2O4S. The number of aromatic nitrogens is 1. The lowest BCUT2D eigenvalue weighted by Crippen LogP contribution is -2.12. The van der Waals surface area contributed by atoms with Crippen molar-refractivity contribution in [3.8, 4) is 0 Å². The molecule has 0 saturated heterocycles. The Morgan fingerprint density at radius 2 is 1.73 bits per heavy atom. The molecule has 0 unspecified atom stereocenters. The van der Waals surface area contributed by atoms with Crippen LogP contribution in [0.3, 0.4) is 0 Å². The van der Waals surface area contributed by atoms with E-state index in [1.54, 1.807) is 13.8 Å². The summed E-state index contributed by atoms with van der Waals surface area (Å²) in [5, 5.41) is 3.48. The van der Waals surface area contributed by atoms with Crippen molar-refractivity contribution in [3.05, 3.63) is 40.9 Å². The summed E-state index contributed by atoms with van der Waals surface area (Å²) in [4.78, 5) is 28.2. The normalized spacial score (nSPS) is 10.1. The first-order chi connectivity index (χ1) is 10.7. The highest BCUT2D eigenvalue weighted by molar-refractivity contribution is 7.17. The number of nitrogens with zero attached hydrogens (tertiary/aromatic N) is 1. The summed E-state index contributed by atoms with van der Waals surface area (Å²) in [5.41, 5.74) is 0.783. The van der Waals surface area contributed by atoms with Crippen LogP contribution >= 0.6 is 11.3 Å². The number of ether oxygens (including phenoxy) is 2. The second-order valence-corrected chi connectivity index (χ2v) is 5.13. The largest absolute Gasteiger partial charge is 0.462 e. The van der Waals surface area contributed by atoms with E-state index >= 15 is 0 Å². The number of rotatable bonds is 6. The third-order valence-electron chi connectivity index (χ3n) is 2.58. The van der Waals surface area contributed by atoms with E-state index in [1.165, 1.54) is 0 Å². The summed E-state index contributed by atoms with van der Waals surface area (Å²) < 4.78 is 9.89. The van der Waals surface area contributed by atoms with Gasteiger partial charge in [-0.3, -0.25) is 0 Å². The highest BCUT2D eigenvalue weighted by atomic mass is 32.1. The molecule has 0 aliphatic carbocycles. The van der Waals surface area contributed by atoms with Gasteiger partial charge in [-0.15, -0.1) is 0 Å². The predicted octanol–water partition coefficient (Wildman–Crippen LogP) is 3.24. The Kier molecular flexibility index (Phi) is 5.48. The Morgan fingerprint density at radius 1 is 1.09 bits per heavy atom. The average molecular weight is 320 g/mol. The van der Waals surface area contributed by atoms with Crippen LogP contribution in [0, 0.1) is 0 Å². The van der Waals surface area contributed by atoms with Crippen LogP contribution in [-0.4, -0.2) is 30.1 Å². The molecule has 1 aromatic carbocycles. The van der Waals surface area contributed by atoms with Gasteiger partial charge in [0.25, 0.3) is 0 Å². The fourth-order valence-corrected chi connectivity index (χ4v) is 2.56. The molecule has 0 bridgehead atoms. The maximum absolute atomic E-state index is 12.0. The van der Waals surface area contributed by atoms with Crippen molar-refractivity contribution in [1.82, 2.24) is 4.98 Å². The van der Waals surface area contributed by atoms with Crippen LogP contribution in [0.15, 0.2) is 30.3 Å². The number of carbonyl (C=O) groups excluding carboxylic acids is 2. The maximum atomic E-state index is 12.0. The second-order valence-electron chi connectivity index (χ2n) is 4.13. The lowest BCUT2D eigenvalue weighted by Gasteiger charge is -2.01. The second kappa shape index (κ2) is 7.56. The molecule has 2 rings (SSSR count). The molecule has 0 saturated carbocycles. The molecule has 0 aliphatic rings. The number of hydrogen-bond acceptors (Lipinski definition) is 7. The molecule has 22 heavy (non-hydrogen) atoms. The van der Waals surface area contributed by atoms with Crippen LogP contribution in [0.2, 0.25) is 0 Å². The standard InChI is InChI=1S/C15H16N2O4S/c1-3-20-13(18)11-12(14(19)21-4-2)22-15(17-11)16-10-8-6-5-7-9-10/h5-9H,3-4H2,1-2H3,(H,16,17). The van der Waals surface area contributed by atoms with Gasteiger partial charge in [0.15, 0.2) is 10.8 Å². The van der Waals surface area contributed by atoms with Crippen molar-refractivity contribution < 1.29 is 19.1 Å². The van der Waals surface area contributed by atoms with Crippen LogP contribution in [0.25, 0.3) is 0 Å². The number of esters is 2. The summed E-state index contributed by atoms with van der Waals surface area (Å²) in [7, 11) is 0. The Hall–Kier alpha value is -2.41. The van der Waals surface area contributed by atoms with Gasteiger partial charge < -0.3 is 14.8 Å². The van der Waals surface area contributed by atoms with Crippen LogP contribution in [0.5, 0.6) is 0 Å². The number of hydrogen-bond donors (Lipinski definition) is 1. The van der Waals surface area contributed by atoms with E-state index in [-0.39, 0.29) is 23.8 Å². The lowest BCUT2D eigenvalue weighted by atomic mass is 10.3. The van der Waals surface area contributed by atoms with Crippen molar-refractivity contribution >= 4 is 34.1 Å². The molecule has 0 fully saturated rings. The molecule has 0 radical (unpaired) electrons. The fraction of sp³-hybridized carbons (Fsp3) is 0.267. The summed E-state index contributed by atoms with van der Waals surface area (Å²) in [6.07, 6.45) is 0. The zero-order valence-corrected chi connectivity index (χ0v) is 13.1. The Bertz CT molecular complexity index is 619. The van der Waals surface area contributed by atoms with E-state index in [0.717, 1.165) is 17.0 Å². The van der Waals surface area contributed by atoms with Gasteiger partial charge in [-0.25, -0.2) is 14.6 Å². The number of para-hydroxylation sites is 1. The van der Waals surface area contributed by atoms with Crippen LogP contribution in [0.1, 0.15) is 34.0 Å². The predicted molar refractivity (Wildman–Crippen MR) is 83.8 cm³/mol. The van der Waals surface area contributed by atoms with E-state index in [9.17, 15) is 9.59 Å². The molecule has 0 amide bonds. The van der Waals surface area contributed by atoms with Gasteiger partial charge in [-0.1, -0.05) is 29.5 Å². The summed E-state index contributed by atoms with van der Waals surface area (Å²) in [5.74, 6) is -1.22. The molecular weight excluding hydrogens is 304 g/mol. The SMILES string of the molecule is CCOC(=O)c1nc(Nc2ccccc2)sc1C(=O)OCC. The number of anilines is 2. The molecule has 7 heteroatoms. The lowest BCUT2D eigenvalue weighted by molar-refractivity contribution is 0.0479. The molecule has 6 nitrogen and oxygen atoms in total.